The van der Waals surface area contributed by atoms with Crippen molar-refractivity contribution in [3.05, 3.63) is 29.3 Å². The SMILES string of the molecule is COc1cc(C(C)CCN)ccc1C(C)C. The van der Waals surface area contributed by atoms with E-state index in [9.17, 15) is 0 Å². The monoisotopic (exact) mass is 221 g/mol. The van der Waals surface area contributed by atoms with Crippen LogP contribution in [0.2, 0.25) is 0 Å². The maximum absolute atomic E-state index is 5.58. The molecule has 0 aliphatic rings. The van der Waals surface area contributed by atoms with Gasteiger partial charge in [-0.15, -0.1) is 0 Å². The molecule has 0 bridgehead atoms. The standard InChI is InChI=1S/C14H23NO/c1-10(2)13-6-5-12(9-14(13)16-4)11(3)7-8-15/h5-6,9-11H,7-8,15H2,1-4H3. The van der Waals surface area contributed by atoms with Crippen LogP contribution in [0.3, 0.4) is 0 Å². The maximum atomic E-state index is 5.58. The third-order valence-corrected chi connectivity index (χ3v) is 3.05. The third kappa shape index (κ3) is 2.99. The largest absolute Gasteiger partial charge is 0.496 e. The van der Waals surface area contributed by atoms with E-state index in [0.29, 0.717) is 11.8 Å². The molecule has 1 atom stereocenters. The van der Waals surface area contributed by atoms with E-state index < -0.39 is 0 Å². The van der Waals surface area contributed by atoms with Gasteiger partial charge in [0.25, 0.3) is 0 Å². The van der Waals surface area contributed by atoms with Crippen molar-refractivity contribution in [1.82, 2.24) is 0 Å². The van der Waals surface area contributed by atoms with E-state index in [0.717, 1.165) is 18.7 Å². The lowest BCUT2D eigenvalue weighted by Gasteiger charge is -2.16. The van der Waals surface area contributed by atoms with E-state index in [1.807, 2.05) is 0 Å². The minimum absolute atomic E-state index is 0.494. The number of methoxy groups -OCH3 is 1. The highest BCUT2D eigenvalue weighted by atomic mass is 16.5. The van der Waals surface area contributed by atoms with Gasteiger partial charge in [-0.25, -0.2) is 0 Å². The minimum atomic E-state index is 0.494. The van der Waals surface area contributed by atoms with Crippen LogP contribution >= 0.6 is 0 Å². The summed E-state index contributed by atoms with van der Waals surface area (Å²) in [7, 11) is 1.73. The highest BCUT2D eigenvalue weighted by molar-refractivity contribution is 5.40. The van der Waals surface area contributed by atoms with Crippen LogP contribution in [-0.4, -0.2) is 13.7 Å². The van der Waals surface area contributed by atoms with Crippen LogP contribution in [0.25, 0.3) is 0 Å². The maximum Gasteiger partial charge on any atom is 0.122 e. The van der Waals surface area contributed by atoms with Gasteiger partial charge in [-0.2, -0.15) is 0 Å². The summed E-state index contributed by atoms with van der Waals surface area (Å²) in [6.45, 7) is 7.30. The number of benzene rings is 1. The summed E-state index contributed by atoms with van der Waals surface area (Å²) in [6.07, 6.45) is 1.02. The Kier molecular flexibility index (Phi) is 4.81. The van der Waals surface area contributed by atoms with Crippen LogP contribution in [0.5, 0.6) is 5.75 Å². The van der Waals surface area contributed by atoms with Crippen LogP contribution in [-0.2, 0) is 0 Å². The number of rotatable bonds is 5. The van der Waals surface area contributed by atoms with Crippen molar-refractivity contribution >= 4 is 0 Å². The molecule has 0 saturated carbocycles. The highest BCUT2D eigenvalue weighted by Gasteiger charge is 2.11. The lowest BCUT2D eigenvalue weighted by atomic mass is 9.93. The lowest BCUT2D eigenvalue weighted by molar-refractivity contribution is 0.406. The van der Waals surface area contributed by atoms with Crippen molar-refractivity contribution in [2.45, 2.75) is 39.0 Å². The minimum Gasteiger partial charge on any atom is -0.496 e. The number of nitrogens with two attached hydrogens (primary N) is 1. The smallest absolute Gasteiger partial charge is 0.122 e. The van der Waals surface area contributed by atoms with Gasteiger partial charge < -0.3 is 10.5 Å². The Hall–Kier alpha value is -1.02. The summed E-state index contributed by atoms with van der Waals surface area (Å²) in [4.78, 5) is 0. The van der Waals surface area contributed by atoms with Gasteiger partial charge in [-0.05, 0) is 42.0 Å². The molecule has 0 radical (unpaired) electrons. The van der Waals surface area contributed by atoms with Gasteiger partial charge in [0, 0.05) is 0 Å². The van der Waals surface area contributed by atoms with Crippen molar-refractivity contribution in [2.24, 2.45) is 5.73 Å². The first-order valence-electron chi connectivity index (χ1n) is 5.98. The van der Waals surface area contributed by atoms with E-state index in [4.69, 9.17) is 10.5 Å². The molecule has 90 valence electrons. The molecule has 1 aromatic carbocycles. The Balaban J connectivity index is 2.99. The molecule has 0 spiro atoms. The van der Waals surface area contributed by atoms with Crippen LogP contribution in [0.15, 0.2) is 18.2 Å². The Morgan fingerprint density at radius 2 is 1.94 bits per heavy atom. The summed E-state index contributed by atoms with van der Waals surface area (Å²) in [6, 6.07) is 6.51. The molecule has 2 nitrogen and oxygen atoms in total. The normalized spacial score (nSPS) is 12.9. The van der Waals surface area contributed by atoms with Crippen LogP contribution < -0.4 is 10.5 Å². The molecule has 1 aromatic rings. The molecule has 0 aliphatic carbocycles. The molecule has 0 saturated heterocycles. The molecule has 2 N–H and O–H groups in total. The number of hydrogen-bond acceptors (Lipinski definition) is 2. The Morgan fingerprint density at radius 1 is 1.25 bits per heavy atom. The molecule has 0 fully saturated rings. The van der Waals surface area contributed by atoms with Gasteiger partial charge in [0.15, 0.2) is 0 Å². The number of hydrogen-bond donors (Lipinski definition) is 1. The fourth-order valence-corrected chi connectivity index (χ4v) is 1.93. The fraction of sp³-hybridized carbons (Fsp3) is 0.571. The predicted octanol–water partition coefficient (Wildman–Crippen LogP) is 3.27. The summed E-state index contributed by atoms with van der Waals surface area (Å²) in [5, 5.41) is 0. The van der Waals surface area contributed by atoms with Crippen molar-refractivity contribution in [1.29, 1.82) is 0 Å². The summed E-state index contributed by atoms with van der Waals surface area (Å²) >= 11 is 0. The molecule has 2 heteroatoms. The van der Waals surface area contributed by atoms with Gasteiger partial charge in [0.1, 0.15) is 5.75 Å². The second-order valence-corrected chi connectivity index (χ2v) is 4.63. The predicted molar refractivity (Wildman–Crippen MR) is 69.2 cm³/mol. The molecule has 0 aromatic heterocycles. The fourth-order valence-electron chi connectivity index (χ4n) is 1.93. The first-order valence-corrected chi connectivity index (χ1v) is 5.98. The molecule has 16 heavy (non-hydrogen) atoms. The molecular weight excluding hydrogens is 198 g/mol. The van der Waals surface area contributed by atoms with E-state index in [1.54, 1.807) is 7.11 Å². The molecule has 1 unspecified atom stereocenters. The summed E-state index contributed by atoms with van der Waals surface area (Å²) < 4.78 is 5.44. The van der Waals surface area contributed by atoms with Crippen molar-refractivity contribution in [3.8, 4) is 5.75 Å². The third-order valence-electron chi connectivity index (χ3n) is 3.05. The molecule has 0 amide bonds. The van der Waals surface area contributed by atoms with Crippen LogP contribution in [0.1, 0.15) is 50.2 Å². The Bertz CT molecular complexity index is 334. The Labute approximate surface area is 98.8 Å². The molecule has 0 aliphatic heterocycles. The first kappa shape index (κ1) is 13.0. The van der Waals surface area contributed by atoms with Gasteiger partial charge >= 0.3 is 0 Å². The van der Waals surface area contributed by atoms with Gasteiger partial charge in [0.05, 0.1) is 7.11 Å². The van der Waals surface area contributed by atoms with E-state index >= 15 is 0 Å². The first-order chi connectivity index (χ1) is 7.60. The lowest BCUT2D eigenvalue weighted by Crippen LogP contribution is -2.05. The Morgan fingerprint density at radius 3 is 2.44 bits per heavy atom. The molecule has 0 heterocycles. The molecule has 1 rings (SSSR count). The van der Waals surface area contributed by atoms with Gasteiger partial charge in [-0.3, -0.25) is 0 Å². The summed E-state index contributed by atoms with van der Waals surface area (Å²) in [5.74, 6) is 1.99. The van der Waals surface area contributed by atoms with Crippen molar-refractivity contribution in [3.63, 3.8) is 0 Å². The topological polar surface area (TPSA) is 35.2 Å². The highest BCUT2D eigenvalue weighted by Crippen LogP contribution is 2.30. The molecular formula is C14H23NO. The van der Waals surface area contributed by atoms with Crippen LogP contribution in [0, 0.1) is 0 Å². The van der Waals surface area contributed by atoms with E-state index in [2.05, 4.69) is 39.0 Å². The average Bonchev–Trinajstić information content (AvgIpc) is 2.28. The second kappa shape index (κ2) is 5.90. The zero-order valence-corrected chi connectivity index (χ0v) is 10.8. The summed E-state index contributed by atoms with van der Waals surface area (Å²) in [5.41, 5.74) is 8.17. The number of ether oxygens (including phenoxy) is 1. The second-order valence-electron chi connectivity index (χ2n) is 4.63. The van der Waals surface area contributed by atoms with Crippen molar-refractivity contribution < 1.29 is 4.74 Å². The van der Waals surface area contributed by atoms with Gasteiger partial charge in [-0.1, -0.05) is 32.9 Å². The van der Waals surface area contributed by atoms with Crippen molar-refractivity contribution in [2.75, 3.05) is 13.7 Å². The zero-order valence-electron chi connectivity index (χ0n) is 10.8. The van der Waals surface area contributed by atoms with Gasteiger partial charge in [0.2, 0.25) is 0 Å². The van der Waals surface area contributed by atoms with Crippen LogP contribution in [0.4, 0.5) is 0 Å². The van der Waals surface area contributed by atoms with E-state index in [1.165, 1.54) is 11.1 Å². The quantitative estimate of drug-likeness (QED) is 0.828. The average molecular weight is 221 g/mol. The zero-order chi connectivity index (χ0) is 12.1. The van der Waals surface area contributed by atoms with E-state index in [-0.39, 0.29) is 0 Å².